The number of hydrogen-bond acceptors (Lipinski definition) is 2. The molecule has 0 saturated carbocycles. The molecule has 1 fully saturated rings. The van der Waals surface area contributed by atoms with Crippen LogP contribution in [0.3, 0.4) is 0 Å². The molecule has 1 saturated heterocycles. The third-order valence-electron chi connectivity index (χ3n) is 2.56. The molecule has 1 aromatic rings. The Kier molecular flexibility index (Phi) is 2.99. The van der Waals surface area contributed by atoms with Gasteiger partial charge in [-0.05, 0) is 17.7 Å². The molecular weight excluding hydrogens is 238 g/mol. The van der Waals surface area contributed by atoms with E-state index in [4.69, 9.17) is 0 Å². The van der Waals surface area contributed by atoms with Gasteiger partial charge in [-0.1, -0.05) is 12.1 Å². The topological polar surface area (TPSA) is 21.3 Å². The van der Waals surface area contributed by atoms with Crippen LogP contribution in [0.5, 0.6) is 5.75 Å². The van der Waals surface area contributed by atoms with Gasteiger partial charge < -0.3 is 10.1 Å². The molecule has 1 N–H and O–H groups in total. The predicted molar refractivity (Wildman–Crippen MR) is 53.5 cm³/mol. The Balaban J connectivity index is 1.98. The number of rotatable bonds is 3. The number of halogens is 4. The van der Waals surface area contributed by atoms with Gasteiger partial charge in [0.05, 0.1) is 0 Å². The van der Waals surface area contributed by atoms with Crippen molar-refractivity contribution in [3.63, 3.8) is 0 Å². The van der Waals surface area contributed by atoms with Crippen molar-refractivity contribution in [2.45, 2.75) is 18.5 Å². The second-order valence-corrected chi connectivity index (χ2v) is 4.12. The summed E-state index contributed by atoms with van der Waals surface area (Å²) < 4.78 is 53.1. The van der Waals surface area contributed by atoms with Crippen LogP contribution in [0.4, 0.5) is 17.6 Å². The molecule has 1 aromatic carbocycles. The summed E-state index contributed by atoms with van der Waals surface area (Å²) in [6.07, 6.45) is -4.49. The summed E-state index contributed by atoms with van der Waals surface area (Å²) in [7, 11) is 0. The Morgan fingerprint density at radius 2 is 1.76 bits per heavy atom. The third kappa shape index (κ3) is 3.33. The molecule has 0 aliphatic carbocycles. The van der Waals surface area contributed by atoms with E-state index in [0.29, 0.717) is 5.56 Å². The lowest BCUT2D eigenvalue weighted by Crippen LogP contribution is -2.57. The number of benzene rings is 1. The Labute approximate surface area is 95.6 Å². The molecule has 17 heavy (non-hydrogen) atoms. The highest BCUT2D eigenvalue weighted by Gasteiger charge is 2.37. The van der Waals surface area contributed by atoms with Crippen LogP contribution >= 0.6 is 0 Å². The van der Waals surface area contributed by atoms with Crippen LogP contribution in [0.25, 0.3) is 0 Å². The van der Waals surface area contributed by atoms with Crippen LogP contribution in [0, 0.1) is 0 Å². The molecule has 1 heterocycles. The summed E-state index contributed by atoms with van der Waals surface area (Å²) in [5.74, 6) is -0.291. The first kappa shape index (κ1) is 12.2. The van der Waals surface area contributed by atoms with E-state index in [9.17, 15) is 17.6 Å². The third-order valence-corrected chi connectivity index (χ3v) is 2.56. The molecule has 6 heteroatoms. The van der Waals surface area contributed by atoms with Gasteiger partial charge in [0.25, 0.3) is 0 Å². The smallest absolute Gasteiger partial charge is 0.406 e. The van der Waals surface area contributed by atoms with Gasteiger partial charge in [0.1, 0.15) is 11.4 Å². The first-order valence-corrected chi connectivity index (χ1v) is 5.11. The lowest BCUT2D eigenvalue weighted by molar-refractivity contribution is -0.274. The first-order valence-electron chi connectivity index (χ1n) is 5.11. The van der Waals surface area contributed by atoms with Crippen LogP contribution in [-0.4, -0.2) is 25.1 Å². The van der Waals surface area contributed by atoms with Crippen molar-refractivity contribution in [1.82, 2.24) is 5.32 Å². The minimum absolute atomic E-state index is 0.201. The first-order chi connectivity index (χ1) is 7.86. The van der Waals surface area contributed by atoms with E-state index in [1.807, 2.05) is 0 Å². The standard InChI is InChI=1S/C11H11F4NO/c12-10(6-16-7-10)5-8-1-3-9(4-2-8)17-11(13,14)15/h1-4,16H,5-7H2. The summed E-state index contributed by atoms with van der Waals surface area (Å²) in [6, 6.07) is 5.28. The van der Waals surface area contributed by atoms with Gasteiger partial charge in [0.15, 0.2) is 0 Å². The van der Waals surface area contributed by atoms with Crippen LogP contribution in [0.2, 0.25) is 0 Å². The van der Waals surface area contributed by atoms with Crippen molar-refractivity contribution in [1.29, 1.82) is 0 Å². The van der Waals surface area contributed by atoms with E-state index in [1.54, 1.807) is 0 Å². The molecule has 94 valence electrons. The Hall–Kier alpha value is -1.30. The predicted octanol–water partition coefficient (Wildman–Crippen LogP) is 2.44. The minimum atomic E-state index is -4.69. The highest BCUT2D eigenvalue weighted by Crippen LogP contribution is 2.26. The SMILES string of the molecule is FC1(Cc2ccc(OC(F)(F)F)cc2)CNC1. The number of alkyl halides is 4. The van der Waals surface area contributed by atoms with E-state index >= 15 is 0 Å². The molecule has 0 bridgehead atoms. The Morgan fingerprint density at radius 1 is 1.18 bits per heavy atom. The van der Waals surface area contributed by atoms with Crippen LogP contribution in [0.15, 0.2) is 24.3 Å². The van der Waals surface area contributed by atoms with E-state index in [-0.39, 0.29) is 25.3 Å². The fourth-order valence-electron chi connectivity index (χ4n) is 1.70. The number of nitrogens with one attached hydrogen (secondary N) is 1. The maximum Gasteiger partial charge on any atom is 0.573 e. The summed E-state index contributed by atoms with van der Waals surface area (Å²) in [5, 5.41) is 2.82. The highest BCUT2D eigenvalue weighted by atomic mass is 19.4. The zero-order valence-corrected chi connectivity index (χ0v) is 8.85. The summed E-state index contributed by atoms with van der Waals surface area (Å²) in [6.45, 7) is 0.571. The molecule has 0 radical (unpaired) electrons. The molecule has 2 nitrogen and oxygen atoms in total. The van der Waals surface area contributed by atoms with Gasteiger partial charge in [-0.15, -0.1) is 13.2 Å². The van der Waals surface area contributed by atoms with Gasteiger partial charge in [-0.2, -0.15) is 0 Å². The molecule has 0 spiro atoms. The maximum atomic E-state index is 13.7. The molecule has 0 aromatic heterocycles. The van der Waals surface area contributed by atoms with Crippen molar-refractivity contribution in [2.75, 3.05) is 13.1 Å². The van der Waals surface area contributed by atoms with Crippen molar-refractivity contribution in [2.24, 2.45) is 0 Å². The monoisotopic (exact) mass is 249 g/mol. The van der Waals surface area contributed by atoms with E-state index in [0.717, 1.165) is 0 Å². The van der Waals surface area contributed by atoms with Crippen molar-refractivity contribution in [3.8, 4) is 5.75 Å². The van der Waals surface area contributed by atoms with E-state index in [1.165, 1.54) is 24.3 Å². The second-order valence-electron chi connectivity index (χ2n) is 4.12. The van der Waals surface area contributed by atoms with Gasteiger partial charge in [0, 0.05) is 19.5 Å². The zero-order chi connectivity index (χ0) is 12.5. The Morgan fingerprint density at radius 3 is 2.18 bits per heavy atom. The average molecular weight is 249 g/mol. The van der Waals surface area contributed by atoms with Crippen LogP contribution in [0.1, 0.15) is 5.56 Å². The van der Waals surface area contributed by atoms with Crippen LogP contribution < -0.4 is 10.1 Å². The zero-order valence-electron chi connectivity index (χ0n) is 8.85. The van der Waals surface area contributed by atoms with E-state index in [2.05, 4.69) is 10.1 Å². The summed E-state index contributed by atoms with van der Waals surface area (Å²) in [5.41, 5.74) is -0.615. The van der Waals surface area contributed by atoms with Crippen molar-refractivity contribution in [3.05, 3.63) is 29.8 Å². The average Bonchev–Trinajstić information content (AvgIpc) is 2.16. The molecule has 0 amide bonds. The molecule has 1 aliphatic heterocycles. The lowest BCUT2D eigenvalue weighted by atomic mass is 9.91. The highest BCUT2D eigenvalue weighted by molar-refractivity contribution is 5.29. The largest absolute Gasteiger partial charge is 0.573 e. The lowest BCUT2D eigenvalue weighted by Gasteiger charge is -2.35. The fourth-order valence-corrected chi connectivity index (χ4v) is 1.70. The number of hydrogen-bond donors (Lipinski definition) is 1. The molecule has 2 rings (SSSR count). The summed E-state index contributed by atoms with van der Waals surface area (Å²) in [4.78, 5) is 0. The minimum Gasteiger partial charge on any atom is -0.406 e. The molecular formula is C11H11F4NO. The maximum absolute atomic E-state index is 13.7. The number of ether oxygens (including phenoxy) is 1. The molecule has 0 unspecified atom stereocenters. The van der Waals surface area contributed by atoms with Gasteiger partial charge in [0.2, 0.25) is 0 Å². The molecule has 1 aliphatic rings. The summed E-state index contributed by atoms with van der Waals surface area (Å²) >= 11 is 0. The van der Waals surface area contributed by atoms with Crippen LogP contribution in [-0.2, 0) is 6.42 Å². The van der Waals surface area contributed by atoms with Gasteiger partial charge >= 0.3 is 6.36 Å². The van der Waals surface area contributed by atoms with Crippen molar-refractivity contribution < 1.29 is 22.3 Å². The quantitative estimate of drug-likeness (QED) is 0.831. The van der Waals surface area contributed by atoms with Gasteiger partial charge in [-0.3, -0.25) is 0 Å². The normalized spacial score (nSPS) is 18.6. The van der Waals surface area contributed by atoms with E-state index < -0.39 is 12.0 Å². The second kappa shape index (κ2) is 4.18. The Bertz CT molecular complexity index is 383. The fraction of sp³-hybridized carbons (Fsp3) is 0.455. The molecule has 0 atom stereocenters. The van der Waals surface area contributed by atoms with Crippen molar-refractivity contribution >= 4 is 0 Å². The van der Waals surface area contributed by atoms with Gasteiger partial charge in [-0.25, -0.2) is 4.39 Å².